The summed E-state index contributed by atoms with van der Waals surface area (Å²) in [6, 6.07) is 5.64. The second-order valence-corrected chi connectivity index (χ2v) is 5.95. The molecule has 0 aromatic heterocycles. The van der Waals surface area contributed by atoms with Gasteiger partial charge in [-0.05, 0) is 49.8 Å². The van der Waals surface area contributed by atoms with Gasteiger partial charge in [-0.2, -0.15) is 0 Å². The lowest BCUT2D eigenvalue weighted by molar-refractivity contribution is 0.360. The summed E-state index contributed by atoms with van der Waals surface area (Å²) in [5, 5.41) is 4.07. The van der Waals surface area contributed by atoms with E-state index in [2.05, 4.69) is 19.2 Å². The maximum absolute atomic E-state index is 13.7. The van der Waals surface area contributed by atoms with E-state index in [0.717, 1.165) is 12.6 Å². The minimum Gasteiger partial charge on any atom is -0.314 e. The van der Waals surface area contributed by atoms with Crippen molar-refractivity contribution in [2.45, 2.75) is 39.2 Å². The van der Waals surface area contributed by atoms with Crippen molar-refractivity contribution in [2.75, 3.05) is 6.54 Å². The van der Waals surface area contributed by atoms with Crippen LogP contribution in [0, 0.1) is 17.7 Å². The molecule has 100 valence electrons. The summed E-state index contributed by atoms with van der Waals surface area (Å²) in [4.78, 5) is 0. The molecule has 0 amide bonds. The molecule has 1 saturated carbocycles. The third-order valence-corrected chi connectivity index (χ3v) is 4.22. The van der Waals surface area contributed by atoms with Crippen LogP contribution >= 0.6 is 11.6 Å². The maximum Gasteiger partial charge on any atom is 0.127 e. The smallest absolute Gasteiger partial charge is 0.127 e. The average molecular weight is 270 g/mol. The van der Waals surface area contributed by atoms with Gasteiger partial charge in [0.25, 0.3) is 0 Å². The molecule has 0 bridgehead atoms. The molecule has 0 saturated heterocycles. The summed E-state index contributed by atoms with van der Waals surface area (Å²) in [5.74, 6) is 0.767. The van der Waals surface area contributed by atoms with Crippen molar-refractivity contribution in [1.29, 1.82) is 0 Å². The van der Waals surface area contributed by atoms with Crippen LogP contribution in [0.25, 0.3) is 0 Å². The van der Waals surface area contributed by atoms with Crippen molar-refractivity contribution in [3.8, 4) is 0 Å². The molecule has 1 aliphatic carbocycles. The molecule has 3 heteroatoms. The van der Waals surface area contributed by atoms with Crippen molar-refractivity contribution in [3.05, 3.63) is 34.6 Å². The van der Waals surface area contributed by atoms with Crippen LogP contribution in [-0.4, -0.2) is 12.6 Å². The normalized spacial score (nSPS) is 18.7. The van der Waals surface area contributed by atoms with E-state index in [-0.39, 0.29) is 5.82 Å². The van der Waals surface area contributed by atoms with E-state index in [1.54, 1.807) is 12.1 Å². The summed E-state index contributed by atoms with van der Waals surface area (Å²) >= 11 is 6.06. The van der Waals surface area contributed by atoms with Crippen molar-refractivity contribution in [2.24, 2.45) is 11.8 Å². The van der Waals surface area contributed by atoms with Crippen LogP contribution in [0.3, 0.4) is 0 Å². The lowest BCUT2D eigenvalue weighted by atomic mass is 9.89. The Balaban J connectivity index is 1.90. The number of rotatable bonds is 6. The first kappa shape index (κ1) is 13.8. The highest BCUT2D eigenvalue weighted by atomic mass is 35.5. The fraction of sp³-hybridized carbons (Fsp3) is 0.600. The third kappa shape index (κ3) is 3.69. The number of halogens is 2. The fourth-order valence-corrected chi connectivity index (χ4v) is 2.33. The van der Waals surface area contributed by atoms with Gasteiger partial charge in [-0.1, -0.05) is 31.5 Å². The van der Waals surface area contributed by atoms with Gasteiger partial charge in [0.05, 0.1) is 0 Å². The molecular formula is C15H21ClFN. The van der Waals surface area contributed by atoms with E-state index in [4.69, 9.17) is 11.6 Å². The van der Waals surface area contributed by atoms with Crippen molar-refractivity contribution in [1.82, 2.24) is 5.32 Å². The van der Waals surface area contributed by atoms with Crippen LogP contribution in [0.1, 0.15) is 32.3 Å². The zero-order chi connectivity index (χ0) is 13.1. The summed E-state index contributed by atoms with van der Waals surface area (Å²) in [6.45, 7) is 5.40. The average Bonchev–Trinajstić information content (AvgIpc) is 3.14. The van der Waals surface area contributed by atoms with Gasteiger partial charge in [0.15, 0.2) is 0 Å². The molecule has 2 atom stereocenters. The molecule has 2 unspecified atom stereocenters. The first-order valence-electron chi connectivity index (χ1n) is 6.74. The van der Waals surface area contributed by atoms with Crippen molar-refractivity contribution < 1.29 is 4.39 Å². The van der Waals surface area contributed by atoms with Crippen LogP contribution in [0.5, 0.6) is 0 Å². The Hall–Kier alpha value is -0.600. The van der Waals surface area contributed by atoms with Crippen molar-refractivity contribution in [3.63, 3.8) is 0 Å². The van der Waals surface area contributed by atoms with Crippen LogP contribution in [0.4, 0.5) is 4.39 Å². The lowest BCUT2D eigenvalue weighted by Gasteiger charge is -2.21. The van der Waals surface area contributed by atoms with Gasteiger partial charge in [0.2, 0.25) is 0 Å². The fourth-order valence-electron chi connectivity index (χ4n) is 2.09. The zero-order valence-corrected chi connectivity index (χ0v) is 11.8. The Bertz CT molecular complexity index is 383. The molecular weight excluding hydrogens is 249 g/mol. The Morgan fingerprint density at radius 3 is 2.67 bits per heavy atom. The third-order valence-electron chi connectivity index (χ3n) is 3.87. The second-order valence-electron chi connectivity index (χ2n) is 5.54. The monoisotopic (exact) mass is 269 g/mol. The Morgan fingerprint density at radius 1 is 1.33 bits per heavy atom. The number of nitrogens with one attached hydrogen (secondary N) is 1. The van der Waals surface area contributed by atoms with Gasteiger partial charge in [-0.3, -0.25) is 0 Å². The van der Waals surface area contributed by atoms with E-state index in [1.807, 2.05) is 0 Å². The lowest BCUT2D eigenvalue weighted by Crippen LogP contribution is -2.27. The molecule has 1 fully saturated rings. The highest BCUT2D eigenvalue weighted by Crippen LogP contribution is 2.26. The number of hydrogen-bond donors (Lipinski definition) is 1. The number of hydrogen-bond acceptors (Lipinski definition) is 1. The van der Waals surface area contributed by atoms with Crippen LogP contribution in [-0.2, 0) is 6.42 Å². The van der Waals surface area contributed by atoms with Crippen LogP contribution in [0.2, 0.25) is 5.02 Å². The molecule has 18 heavy (non-hydrogen) atoms. The molecule has 0 spiro atoms. The van der Waals surface area contributed by atoms with Gasteiger partial charge in [-0.15, -0.1) is 0 Å². The molecule has 1 nitrogen and oxygen atoms in total. The van der Waals surface area contributed by atoms with E-state index >= 15 is 0 Å². The molecule has 2 rings (SSSR count). The molecule has 0 aliphatic heterocycles. The first-order chi connectivity index (χ1) is 8.58. The summed E-state index contributed by atoms with van der Waals surface area (Å²) in [7, 11) is 0. The van der Waals surface area contributed by atoms with Crippen LogP contribution < -0.4 is 5.32 Å². The largest absolute Gasteiger partial charge is 0.314 e. The minimum atomic E-state index is -0.184. The summed E-state index contributed by atoms with van der Waals surface area (Å²) in [5.41, 5.74) is 0.657. The van der Waals surface area contributed by atoms with Gasteiger partial charge in [0, 0.05) is 16.6 Å². The van der Waals surface area contributed by atoms with E-state index in [1.165, 1.54) is 18.9 Å². The highest BCUT2D eigenvalue weighted by molar-refractivity contribution is 6.31. The molecule has 0 heterocycles. The van der Waals surface area contributed by atoms with Gasteiger partial charge in [0.1, 0.15) is 5.82 Å². The summed E-state index contributed by atoms with van der Waals surface area (Å²) < 4.78 is 13.7. The molecule has 1 aliphatic rings. The Morgan fingerprint density at radius 2 is 2.06 bits per heavy atom. The minimum absolute atomic E-state index is 0.184. The van der Waals surface area contributed by atoms with Crippen LogP contribution in [0.15, 0.2) is 18.2 Å². The first-order valence-corrected chi connectivity index (χ1v) is 7.12. The quantitative estimate of drug-likeness (QED) is 0.822. The molecule has 1 N–H and O–H groups in total. The standard InChI is InChI=1S/C15H21ClFN/c1-10(11(2)9-18-12-6-7-12)8-13-14(16)4-3-5-15(13)17/h3-5,10-12,18H,6-9H2,1-2H3. The maximum atomic E-state index is 13.7. The Kier molecular flexibility index (Phi) is 4.63. The van der Waals surface area contributed by atoms with E-state index in [0.29, 0.717) is 28.8 Å². The summed E-state index contributed by atoms with van der Waals surface area (Å²) in [6.07, 6.45) is 3.32. The number of benzene rings is 1. The molecule has 0 radical (unpaired) electrons. The van der Waals surface area contributed by atoms with E-state index < -0.39 is 0 Å². The molecule has 1 aromatic carbocycles. The van der Waals surface area contributed by atoms with Gasteiger partial charge >= 0.3 is 0 Å². The van der Waals surface area contributed by atoms with Crippen molar-refractivity contribution >= 4 is 11.6 Å². The second kappa shape index (κ2) is 6.03. The van der Waals surface area contributed by atoms with E-state index in [9.17, 15) is 4.39 Å². The SMILES string of the molecule is CC(CNC1CC1)C(C)Cc1c(F)cccc1Cl. The predicted octanol–water partition coefficient (Wildman–Crippen LogP) is 4.05. The highest BCUT2D eigenvalue weighted by Gasteiger charge is 2.23. The molecule has 1 aromatic rings. The van der Waals surface area contributed by atoms with Gasteiger partial charge in [-0.25, -0.2) is 4.39 Å². The van der Waals surface area contributed by atoms with Gasteiger partial charge < -0.3 is 5.32 Å². The predicted molar refractivity (Wildman–Crippen MR) is 74.5 cm³/mol. The topological polar surface area (TPSA) is 12.0 Å². The zero-order valence-electron chi connectivity index (χ0n) is 11.0. The Labute approximate surface area is 114 Å².